The van der Waals surface area contributed by atoms with Crippen molar-refractivity contribution in [2.45, 2.75) is 46.2 Å². The van der Waals surface area contributed by atoms with Crippen LogP contribution in [-0.4, -0.2) is 23.4 Å². The first kappa shape index (κ1) is 17.8. The summed E-state index contributed by atoms with van der Waals surface area (Å²) < 4.78 is 7.52. The fraction of sp³-hybridized carbons (Fsp3) is 0.889. The van der Waals surface area contributed by atoms with E-state index in [0.29, 0.717) is 25.1 Å². The zero-order chi connectivity index (χ0) is 11.1. The molecule has 0 amide bonds. The summed E-state index contributed by atoms with van der Waals surface area (Å²) in [5.41, 5.74) is 0. The van der Waals surface area contributed by atoms with Crippen LogP contribution in [0, 0.1) is 11.3 Å². The highest BCUT2D eigenvalue weighted by atomic mass is 35.7. The lowest BCUT2D eigenvalue weighted by molar-refractivity contribution is 0.266. The molecule has 0 aliphatic rings. The Labute approximate surface area is 105 Å². The summed E-state index contributed by atoms with van der Waals surface area (Å²) in [5.74, 6) is 0. The van der Waals surface area contributed by atoms with Crippen molar-refractivity contribution in [3.05, 3.63) is 0 Å². The summed E-state index contributed by atoms with van der Waals surface area (Å²) in [7, 11) is -1.08. The molecule has 0 N–H and O–H groups in total. The van der Waals surface area contributed by atoms with Crippen molar-refractivity contribution in [1.29, 1.82) is 5.26 Å². The van der Waals surface area contributed by atoms with Gasteiger partial charge in [-0.15, -0.1) is 12.4 Å². The number of rotatable bonds is 6. The number of nitrogens with zero attached hydrogens (tertiary/aromatic N) is 2. The van der Waals surface area contributed by atoms with E-state index in [4.69, 9.17) is 21.0 Å². The SMILES string of the molecule is CC(C)N(C(C)C)P(Cl)OCCC#N.Cl. The molecule has 6 heteroatoms. The first-order chi connectivity index (χ1) is 6.50. The van der Waals surface area contributed by atoms with E-state index >= 15 is 0 Å². The highest BCUT2D eigenvalue weighted by Crippen LogP contribution is 2.49. The Balaban J connectivity index is 0. The van der Waals surface area contributed by atoms with Gasteiger partial charge in [-0.1, -0.05) is 0 Å². The normalized spacial score (nSPS) is 12.7. The maximum Gasteiger partial charge on any atom is 0.207 e. The summed E-state index contributed by atoms with van der Waals surface area (Å²) in [4.78, 5) is 0. The molecular weight excluding hydrogens is 254 g/mol. The van der Waals surface area contributed by atoms with Crippen molar-refractivity contribution in [2.75, 3.05) is 6.61 Å². The highest BCUT2D eigenvalue weighted by Gasteiger charge is 2.23. The van der Waals surface area contributed by atoms with E-state index in [1.807, 2.05) is 6.07 Å². The Morgan fingerprint density at radius 1 is 1.33 bits per heavy atom. The first-order valence-corrected chi connectivity index (χ1v) is 6.86. The summed E-state index contributed by atoms with van der Waals surface area (Å²) in [5, 5.41) is 8.36. The zero-order valence-electron chi connectivity index (χ0n) is 9.61. The van der Waals surface area contributed by atoms with Crippen LogP contribution in [0.5, 0.6) is 0 Å². The molecule has 0 rings (SSSR count). The van der Waals surface area contributed by atoms with E-state index in [0.717, 1.165) is 0 Å². The molecule has 0 radical (unpaired) electrons. The lowest BCUT2D eigenvalue weighted by Crippen LogP contribution is -2.31. The highest BCUT2D eigenvalue weighted by molar-refractivity contribution is 7.78. The largest absolute Gasteiger partial charge is 0.330 e. The molecule has 0 aliphatic carbocycles. The van der Waals surface area contributed by atoms with E-state index in [9.17, 15) is 0 Å². The Hall–Kier alpha value is 0.420. The van der Waals surface area contributed by atoms with Crippen LogP contribution in [0.1, 0.15) is 34.1 Å². The van der Waals surface area contributed by atoms with Crippen molar-refractivity contribution >= 4 is 31.3 Å². The van der Waals surface area contributed by atoms with E-state index < -0.39 is 7.65 Å². The second kappa shape index (κ2) is 9.63. The molecule has 0 saturated carbocycles. The van der Waals surface area contributed by atoms with Crippen LogP contribution in [0.2, 0.25) is 0 Å². The van der Waals surface area contributed by atoms with Crippen LogP contribution < -0.4 is 0 Å². The average Bonchev–Trinajstić information content (AvgIpc) is 2.03. The van der Waals surface area contributed by atoms with Crippen molar-refractivity contribution in [1.82, 2.24) is 4.67 Å². The molecule has 0 heterocycles. The third-order valence-electron chi connectivity index (χ3n) is 1.65. The smallest absolute Gasteiger partial charge is 0.207 e. The van der Waals surface area contributed by atoms with Crippen molar-refractivity contribution < 1.29 is 4.52 Å². The van der Waals surface area contributed by atoms with Gasteiger partial charge in [0.25, 0.3) is 0 Å². The molecule has 0 fully saturated rings. The van der Waals surface area contributed by atoms with Gasteiger partial charge in [0.05, 0.1) is 19.1 Å². The van der Waals surface area contributed by atoms with Gasteiger partial charge in [0.2, 0.25) is 7.65 Å². The lowest BCUT2D eigenvalue weighted by atomic mass is 10.3. The molecule has 1 atom stereocenters. The van der Waals surface area contributed by atoms with Gasteiger partial charge >= 0.3 is 0 Å². The van der Waals surface area contributed by atoms with Gasteiger partial charge in [-0.25, -0.2) is 4.67 Å². The second-order valence-corrected chi connectivity index (χ2v) is 5.58. The molecule has 1 unspecified atom stereocenters. The predicted octanol–water partition coefficient (Wildman–Crippen LogP) is 3.92. The Morgan fingerprint density at radius 2 is 1.80 bits per heavy atom. The molecule has 0 aliphatic heterocycles. The lowest BCUT2D eigenvalue weighted by Gasteiger charge is -2.32. The standard InChI is InChI=1S/C9H18ClN2OP.ClH/c1-8(2)12(9(3)4)14(10)13-7-5-6-11;/h8-9H,5,7H2,1-4H3;1H. The minimum absolute atomic E-state index is 0. The van der Waals surface area contributed by atoms with Crippen LogP contribution in [-0.2, 0) is 4.52 Å². The number of nitriles is 1. The van der Waals surface area contributed by atoms with Crippen LogP contribution in [0.4, 0.5) is 0 Å². The Morgan fingerprint density at radius 3 is 2.13 bits per heavy atom. The molecule has 0 aromatic carbocycles. The van der Waals surface area contributed by atoms with E-state index in [2.05, 4.69) is 32.4 Å². The zero-order valence-corrected chi connectivity index (χ0v) is 12.1. The maximum absolute atomic E-state index is 8.36. The first-order valence-electron chi connectivity index (χ1n) is 4.74. The monoisotopic (exact) mass is 272 g/mol. The molecule has 0 spiro atoms. The number of halogens is 2. The fourth-order valence-corrected chi connectivity index (χ4v) is 3.55. The quantitative estimate of drug-likeness (QED) is 0.543. The Bertz CT molecular complexity index is 189. The van der Waals surface area contributed by atoms with E-state index in [-0.39, 0.29) is 12.4 Å². The number of hydrogen-bond donors (Lipinski definition) is 0. The molecule has 0 aromatic heterocycles. The molecule has 0 bridgehead atoms. The van der Waals surface area contributed by atoms with Gasteiger partial charge in [-0.3, -0.25) is 0 Å². The van der Waals surface area contributed by atoms with E-state index in [1.165, 1.54) is 0 Å². The summed E-state index contributed by atoms with van der Waals surface area (Å²) in [6, 6.07) is 2.75. The third kappa shape index (κ3) is 7.33. The molecule has 15 heavy (non-hydrogen) atoms. The summed E-state index contributed by atoms with van der Waals surface area (Å²) in [6.07, 6.45) is 0.398. The Kier molecular flexibility index (Phi) is 11.4. The van der Waals surface area contributed by atoms with Crippen LogP contribution in [0.25, 0.3) is 0 Å². The van der Waals surface area contributed by atoms with Crippen LogP contribution in [0.15, 0.2) is 0 Å². The van der Waals surface area contributed by atoms with Crippen molar-refractivity contribution in [3.8, 4) is 6.07 Å². The van der Waals surface area contributed by atoms with Gasteiger partial charge in [0, 0.05) is 12.1 Å². The topological polar surface area (TPSA) is 36.3 Å². The molecular formula is C9H19Cl2N2OP. The van der Waals surface area contributed by atoms with Crippen LogP contribution in [0.3, 0.4) is 0 Å². The number of hydrogen-bond acceptors (Lipinski definition) is 3. The van der Waals surface area contributed by atoms with Gasteiger partial charge < -0.3 is 4.52 Å². The molecule has 0 aromatic rings. The summed E-state index contributed by atoms with van der Waals surface area (Å²) >= 11 is 6.13. The van der Waals surface area contributed by atoms with Gasteiger partial charge in [0.1, 0.15) is 0 Å². The maximum atomic E-state index is 8.36. The van der Waals surface area contributed by atoms with Gasteiger partial charge in [-0.2, -0.15) is 5.26 Å². The third-order valence-corrected chi connectivity index (χ3v) is 4.15. The minimum atomic E-state index is -1.08. The minimum Gasteiger partial charge on any atom is -0.330 e. The fourth-order valence-electron chi connectivity index (χ4n) is 1.19. The predicted molar refractivity (Wildman–Crippen MR) is 68.3 cm³/mol. The van der Waals surface area contributed by atoms with Crippen LogP contribution >= 0.6 is 31.3 Å². The van der Waals surface area contributed by atoms with Crippen molar-refractivity contribution in [3.63, 3.8) is 0 Å². The summed E-state index contributed by atoms with van der Waals surface area (Å²) in [6.45, 7) is 8.77. The molecule has 90 valence electrons. The van der Waals surface area contributed by atoms with E-state index in [1.54, 1.807) is 0 Å². The molecule has 3 nitrogen and oxygen atoms in total. The van der Waals surface area contributed by atoms with Gasteiger partial charge in [0.15, 0.2) is 0 Å². The molecule has 0 saturated heterocycles. The average molecular weight is 273 g/mol. The second-order valence-electron chi connectivity index (χ2n) is 3.54. The van der Waals surface area contributed by atoms with Crippen molar-refractivity contribution in [2.24, 2.45) is 0 Å². The van der Waals surface area contributed by atoms with Gasteiger partial charge in [-0.05, 0) is 38.9 Å².